The Kier molecular flexibility index (Phi) is 2.78. The highest BCUT2D eigenvalue weighted by Gasteiger charge is 2.22. The summed E-state index contributed by atoms with van der Waals surface area (Å²) < 4.78 is 10.7. The molecule has 3 heteroatoms. The van der Waals surface area contributed by atoms with E-state index in [1.807, 2.05) is 6.08 Å². The van der Waals surface area contributed by atoms with Crippen LogP contribution < -0.4 is 0 Å². The van der Waals surface area contributed by atoms with Gasteiger partial charge in [-0.05, 0) is 12.8 Å². The summed E-state index contributed by atoms with van der Waals surface area (Å²) in [6, 6.07) is 0. The zero-order valence-electron chi connectivity index (χ0n) is 7.48. The zero-order chi connectivity index (χ0) is 9.10. The average Bonchev–Trinajstić information content (AvgIpc) is 2.20. The van der Waals surface area contributed by atoms with Gasteiger partial charge in [0.05, 0.1) is 13.2 Å². The number of rotatable bonds is 1. The van der Waals surface area contributed by atoms with Gasteiger partial charge in [-0.1, -0.05) is 18.2 Å². The van der Waals surface area contributed by atoms with Crippen LogP contribution in [0.15, 0.2) is 23.8 Å². The van der Waals surface area contributed by atoms with Crippen LogP contribution in [0.5, 0.6) is 0 Å². The largest absolute Gasteiger partial charge is 0.388 e. The number of allylic oxidation sites excluding steroid dienone is 2. The van der Waals surface area contributed by atoms with E-state index in [2.05, 4.69) is 12.2 Å². The van der Waals surface area contributed by atoms with Gasteiger partial charge in [-0.25, -0.2) is 0 Å². The molecule has 1 aliphatic heterocycles. The van der Waals surface area contributed by atoms with Gasteiger partial charge in [0.25, 0.3) is 0 Å². The molecule has 0 bridgehead atoms. The van der Waals surface area contributed by atoms with E-state index < -0.39 is 6.10 Å². The SMILES string of the molecule is OC1COC(C2=CCCC=C2)OC1. The van der Waals surface area contributed by atoms with Crippen LogP contribution in [0.3, 0.4) is 0 Å². The van der Waals surface area contributed by atoms with Crippen LogP contribution in [-0.2, 0) is 9.47 Å². The third-order valence-electron chi connectivity index (χ3n) is 2.18. The molecule has 0 spiro atoms. The molecule has 1 aliphatic carbocycles. The van der Waals surface area contributed by atoms with E-state index in [0.717, 1.165) is 18.4 Å². The fourth-order valence-corrected chi connectivity index (χ4v) is 1.49. The van der Waals surface area contributed by atoms with Crippen molar-refractivity contribution < 1.29 is 14.6 Å². The van der Waals surface area contributed by atoms with E-state index in [-0.39, 0.29) is 6.29 Å². The third kappa shape index (κ3) is 2.18. The molecule has 0 radical (unpaired) electrons. The maximum absolute atomic E-state index is 9.14. The van der Waals surface area contributed by atoms with Gasteiger partial charge in [-0.3, -0.25) is 0 Å². The predicted molar refractivity (Wildman–Crippen MR) is 48.2 cm³/mol. The van der Waals surface area contributed by atoms with Gasteiger partial charge in [0.1, 0.15) is 6.10 Å². The summed E-state index contributed by atoms with van der Waals surface area (Å²) in [5.41, 5.74) is 1.08. The molecule has 0 unspecified atom stereocenters. The number of aliphatic hydroxyl groups is 1. The summed E-state index contributed by atoms with van der Waals surface area (Å²) in [5.74, 6) is 0. The quantitative estimate of drug-likeness (QED) is 0.657. The second-order valence-electron chi connectivity index (χ2n) is 3.34. The van der Waals surface area contributed by atoms with Crippen molar-refractivity contribution in [2.75, 3.05) is 13.2 Å². The van der Waals surface area contributed by atoms with E-state index in [0.29, 0.717) is 13.2 Å². The third-order valence-corrected chi connectivity index (χ3v) is 2.18. The smallest absolute Gasteiger partial charge is 0.183 e. The molecule has 2 rings (SSSR count). The van der Waals surface area contributed by atoms with Crippen LogP contribution in [0.4, 0.5) is 0 Å². The summed E-state index contributed by atoms with van der Waals surface area (Å²) in [6.07, 6.45) is 7.70. The van der Waals surface area contributed by atoms with Gasteiger partial charge in [-0.2, -0.15) is 0 Å². The normalized spacial score (nSPS) is 34.4. The molecule has 1 heterocycles. The van der Waals surface area contributed by atoms with Gasteiger partial charge < -0.3 is 14.6 Å². The zero-order valence-corrected chi connectivity index (χ0v) is 7.48. The van der Waals surface area contributed by atoms with Crippen LogP contribution >= 0.6 is 0 Å². The van der Waals surface area contributed by atoms with E-state index in [9.17, 15) is 0 Å². The van der Waals surface area contributed by atoms with Crippen molar-refractivity contribution >= 4 is 0 Å². The molecule has 0 amide bonds. The second kappa shape index (κ2) is 4.05. The molecule has 2 aliphatic rings. The minimum absolute atomic E-state index is 0.264. The van der Waals surface area contributed by atoms with Crippen LogP contribution in [0.25, 0.3) is 0 Å². The Morgan fingerprint density at radius 2 is 2.00 bits per heavy atom. The van der Waals surface area contributed by atoms with Crippen molar-refractivity contribution in [3.05, 3.63) is 23.8 Å². The molecular formula is C10H14O3. The van der Waals surface area contributed by atoms with E-state index in [4.69, 9.17) is 14.6 Å². The molecule has 3 nitrogen and oxygen atoms in total. The lowest BCUT2D eigenvalue weighted by Crippen LogP contribution is -2.36. The van der Waals surface area contributed by atoms with E-state index >= 15 is 0 Å². The highest BCUT2D eigenvalue weighted by atomic mass is 16.7. The van der Waals surface area contributed by atoms with Crippen LogP contribution in [0.1, 0.15) is 12.8 Å². The van der Waals surface area contributed by atoms with Gasteiger partial charge in [0.15, 0.2) is 6.29 Å². The van der Waals surface area contributed by atoms with E-state index in [1.165, 1.54) is 0 Å². The standard InChI is InChI=1S/C10H14O3/c11-9-6-12-10(13-7-9)8-4-2-1-3-5-8/h2,4-5,9-11H,1,3,6-7H2. The molecule has 72 valence electrons. The Balaban J connectivity index is 1.94. The number of aliphatic hydroxyl groups excluding tert-OH is 1. The molecule has 0 aromatic carbocycles. The van der Waals surface area contributed by atoms with Crippen molar-refractivity contribution in [3.8, 4) is 0 Å². The first-order chi connectivity index (χ1) is 6.36. The first-order valence-electron chi connectivity index (χ1n) is 4.64. The van der Waals surface area contributed by atoms with Gasteiger partial charge in [-0.15, -0.1) is 0 Å². The minimum Gasteiger partial charge on any atom is -0.388 e. The minimum atomic E-state index is -0.468. The number of hydrogen-bond donors (Lipinski definition) is 1. The Bertz CT molecular complexity index is 224. The Morgan fingerprint density at radius 3 is 2.62 bits per heavy atom. The van der Waals surface area contributed by atoms with E-state index in [1.54, 1.807) is 0 Å². The highest BCUT2D eigenvalue weighted by Crippen LogP contribution is 2.19. The monoisotopic (exact) mass is 182 g/mol. The van der Waals surface area contributed by atoms with Crippen molar-refractivity contribution in [2.45, 2.75) is 25.2 Å². The lowest BCUT2D eigenvalue weighted by molar-refractivity contribution is -0.196. The Hall–Kier alpha value is -0.640. The van der Waals surface area contributed by atoms with Gasteiger partial charge in [0.2, 0.25) is 0 Å². The Morgan fingerprint density at radius 1 is 1.23 bits per heavy atom. The first kappa shape index (κ1) is 8.94. The molecule has 13 heavy (non-hydrogen) atoms. The summed E-state index contributed by atoms with van der Waals surface area (Å²) in [6.45, 7) is 0.742. The molecule has 1 N–H and O–H groups in total. The van der Waals surface area contributed by atoms with Crippen LogP contribution in [-0.4, -0.2) is 30.7 Å². The van der Waals surface area contributed by atoms with Crippen LogP contribution in [0.2, 0.25) is 0 Å². The molecule has 0 atom stereocenters. The lowest BCUT2D eigenvalue weighted by atomic mass is 10.1. The van der Waals surface area contributed by atoms with Gasteiger partial charge >= 0.3 is 0 Å². The summed E-state index contributed by atoms with van der Waals surface area (Å²) >= 11 is 0. The highest BCUT2D eigenvalue weighted by molar-refractivity contribution is 5.24. The number of ether oxygens (including phenoxy) is 2. The predicted octanol–water partition coefficient (Wildman–Crippen LogP) is 0.997. The maximum Gasteiger partial charge on any atom is 0.183 e. The topological polar surface area (TPSA) is 38.7 Å². The fourth-order valence-electron chi connectivity index (χ4n) is 1.49. The summed E-state index contributed by atoms with van der Waals surface area (Å²) in [7, 11) is 0. The van der Waals surface area contributed by atoms with Crippen molar-refractivity contribution in [1.82, 2.24) is 0 Å². The fraction of sp³-hybridized carbons (Fsp3) is 0.600. The average molecular weight is 182 g/mol. The Labute approximate surface area is 77.7 Å². The molecule has 0 aromatic rings. The summed E-state index contributed by atoms with van der Waals surface area (Å²) in [5, 5.41) is 9.14. The van der Waals surface area contributed by atoms with Crippen molar-refractivity contribution in [2.24, 2.45) is 0 Å². The maximum atomic E-state index is 9.14. The first-order valence-corrected chi connectivity index (χ1v) is 4.64. The van der Waals surface area contributed by atoms with Crippen LogP contribution in [0, 0.1) is 0 Å². The van der Waals surface area contributed by atoms with Gasteiger partial charge in [0, 0.05) is 5.57 Å². The second-order valence-corrected chi connectivity index (χ2v) is 3.34. The lowest BCUT2D eigenvalue weighted by Gasteiger charge is -2.28. The summed E-state index contributed by atoms with van der Waals surface area (Å²) in [4.78, 5) is 0. The number of hydrogen-bond acceptors (Lipinski definition) is 3. The molecule has 1 saturated heterocycles. The molecule has 1 fully saturated rings. The molecule has 0 aromatic heterocycles. The van der Waals surface area contributed by atoms with Crippen molar-refractivity contribution in [1.29, 1.82) is 0 Å². The molecular weight excluding hydrogens is 168 g/mol. The molecule has 0 saturated carbocycles. The van der Waals surface area contributed by atoms with Crippen molar-refractivity contribution in [3.63, 3.8) is 0 Å².